The van der Waals surface area contributed by atoms with Crippen molar-refractivity contribution in [1.29, 1.82) is 0 Å². The second kappa shape index (κ2) is 7.27. The van der Waals surface area contributed by atoms with E-state index in [-0.39, 0.29) is 17.5 Å². The number of rotatable bonds is 2. The average molecular weight is 431 g/mol. The number of thiazole rings is 1. The Kier molecular flexibility index (Phi) is 4.38. The fraction of sp³-hybridized carbons (Fsp3) is 0.333. The monoisotopic (exact) mass is 430 g/mol. The van der Waals surface area contributed by atoms with E-state index in [1.165, 1.54) is 0 Å². The number of likely N-dealkylation sites (tertiary alicyclic amines) is 1. The van der Waals surface area contributed by atoms with Gasteiger partial charge in [0.15, 0.2) is 0 Å². The number of amides is 1. The highest BCUT2D eigenvalue weighted by molar-refractivity contribution is 7.18. The van der Waals surface area contributed by atoms with Crippen LogP contribution in [0.1, 0.15) is 52.9 Å². The van der Waals surface area contributed by atoms with Crippen molar-refractivity contribution >= 4 is 38.4 Å². The summed E-state index contributed by atoms with van der Waals surface area (Å²) in [6, 6.07) is 13.5. The Hall–Kier alpha value is -3.06. The van der Waals surface area contributed by atoms with Gasteiger partial charge in [-0.3, -0.25) is 14.2 Å². The number of carbonyl (C=O) groups excluding carboxylic acids is 1. The highest BCUT2D eigenvalue weighted by Crippen LogP contribution is 2.36. The molecule has 0 spiro atoms. The standard InChI is InChI=1S/C24H22N4O2S/c29-23(15-10-11-16-18(14-15)25-21-9-5-13-28(21)24(16)30)27-12-4-3-7-19(27)22-26-17-6-1-2-8-20(17)31-22/h1-2,6,8,10-11,14,19H,3-5,7,9,12-13H2/t19-/m0/s1. The van der Waals surface area contributed by atoms with Crippen LogP contribution in [0.2, 0.25) is 0 Å². The minimum atomic E-state index is -0.00653. The molecule has 1 saturated heterocycles. The van der Waals surface area contributed by atoms with Gasteiger partial charge in [0.2, 0.25) is 0 Å². The lowest BCUT2D eigenvalue weighted by molar-refractivity contribution is 0.0611. The Bertz CT molecular complexity index is 1360. The summed E-state index contributed by atoms with van der Waals surface area (Å²) in [6.07, 6.45) is 4.77. The molecule has 6 nitrogen and oxygen atoms in total. The number of nitrogens with zero attached hydrogens (tertiary/aromatic N) is 4. The summed E-state index contributed by atoms with van der Waals surface area (Å²) in [5.74, 6) is 0.820. The molecule has 1 amide bonds. The van der Waals surface area contributed by atoms with Gasteiger partial charge in [-0.15, -0.1) is 11.3 Å². The zero-order chi connectivity index (χ0) is 20.9. The van der Waals surface area contributed by atoms with Gasteiger partial charge in [-0.1, -0.05) is 12.1 Å². The van der Waals surface area contributed by atoms with Crippen LogP contribution in [0.25, 0.3) is 21.1 Å². The van der Waals surface area contributed by atoms with Crippen LogP contribution in [0.15, 0.2) is 47.3 Å². The molecule has 2 aliphatic heterocycles. The molecule has 2 aliphatic rings. The van der Waals surface area contributed by atoms with E-state index in [1.807, 2.05) is 23.1 Å². The van der Waals surface area contributed by atoms with Gasteiger partial charge < -0.3 is 4.90 Å². The van der Waals surface area contributed by atoms with Crippen LogP contribution < -0.4 is 5.56 Å². The van der Waals surface area contributed by atoms with E-state index in [0.717, 1.165) is 66.2 Å². The molecule has 0 radical (unpaired) electrons. The first kappa shape index (κ1) is 18.7. The Labute approximate surface area is 183 Å². The van der Waals surface area contributed by atoms with Crippen LogP contribution in [0.4, 0.5) is 0 Å². The van der Waals surface area contributed by atoms with E-state index in [2.05, 4.69) is 6.07 Å². The Morgan fingerprint density at radius 3 is 2.81 bits per heavy atom. The number of hydrogen-bond donors (Lipinski definition) is 0. The summed E-state index contributed by atoms with van der Waals surface area (Å²) in [6.45, 7) is 1.45. The first-order valence-electron chi connectivity index (χ1n) is 10.9. The van der Waals surface area contributed by atoms with Gasteiger partial charge in [0, 0.05) is 25.1 Å². The maximum Gasteiger partial charge on any atom is 0.261 e. The molecule has 4 aromatic rings. The molecular formula is C24H22N4O2S. The van der Waals surface area contributed by atoms with Gasteiger partial charge in [0.05, 0.1) is 27.2 Å². The van der Waals surface area contributed by atoms with E-state index in [9.17, 15) is 9.59 Å². The van der Waals surface area contributed by atoms with Crippen molar-refractivity contribution in [1.82, 2.24) is 19.4 Å². The van der Waals surface area contributed by atoms with Crippen LogP contribution in [0.5, 0.6) is 0 Å². The van der Waals surface area contributed by atoms with Gasteiger partial charge in [-0.05, 0) is 56.0 Å². The molecule has 1 atom stereocenters. The SMILES string of the molecule is O=C(c1ccc2c(=O)n3c(nc2c1)CCC3)N1CCCC[C@H]1c1nc2ccccc2s1. The highest BCUT2D eigenvalue weighted by atomic mass is 32.1. The van der Waals surface area contributed by atoms with Crippen LogP contribution in [0.3, 0.4) is 0 Å². The van der Waals surface area contributed by atoms with Crippen molar-refractivity contribution in [2.24, 2.45) is 0 Å². The number of piperidine rings is 1. The van der Waals surface area contributed by atoms with Gasteiger partial charge in [0.1, 0.15) is 10.8 Å². The molecular weight excluding hydrogens is 408 g/mol. The molecule has 0 unspecified atom stereocenters. The van der Waals surface area contributed by atoms with Crippen molar-refractivity contribution < 1.29 is 4.79 Å². The average Bonchev–Trinajstić information content (AvgIpc) is 3.45. The number of aryl methyl sites for hydroxylation is 1. The van der Waals surface area contributed by atoms with Crippen molar-refractivity contribution in [3.8, 4) is 0 Å². The lowest BCUT2D eigenvalue weighted by Crippen LogP contribution is -2.38. The topological polar surface area (TPSA) is 68.1 Å². The summed E-state index contributed by atoms with van der Waals surface area (Å²) < 4.78 is 2.91. The zero-order valence-electron chi connectivity index (χ0n) is 17.1. The van der Waals surface area contributed by atoms with E-state index in [4.69, 9.17) is 9.97 Å². The number of hydrogen-bond acceptors (Lipinski definition) is 5. The third-order valence-electron chi connectivity index (χ3n) is 6.42. The second-order valence-electron chi connectivity index (χ2n) is 8.35. The van der Waals surface area contributed by atoms with E-state index < -0.39 is 0 Å². The Morgan fingerprint density at radius 1 is 1.00 bits per heavy atom. The molecule has 1 fully saturated rings. The van der Waals surface area contributed by atoms with Gasteiger partial charge >= 0.3 is 0 Å². The van der Waals surface area contributed by atoms with Crippen LogP contribution >= 0.6 is 11.3 Å². The maximum absolute atomic E-state index is 13.6. The van der Waals surface area contributed by atoms with Crippen molar-refractivity contribution in [3.05, 3.63) is 69.2 Å². The largest absolute Gasteiger partial charge is 0.329 e. The Balaban J connectivity index is 1.38. The zero-order valence-corrected chi connectivity index (χ0v) is 17.9. The van der Waals surface area contributed by atoms with E-state index in [0.29, 0.717) is 16.5 Å². The van der Waals surface area contributed by atoms with Gasteiger partial charge in [-0.25, -0.2) is 9.97 Å². The number of carbonyl (C=O) groups is 1. The number of fused-ring (bicyclic) bond motifs is 3. The number of para-hydroxylation sites is 1. The number of benzene rings is 2. The molecule has 31 heavy (non-hydrogen) atoms. The van der Waals surface area contributed by atoms with Crippen LogP contribution in [-0.4, -0.2) is 31.9 Å². The predicted octanol–water partition coefficient (Wildman–Crippen LogP) is 4.32. The summed E-state index contributed by atoms with van der Waals surface area (Å²) in [5, 5.41) is 1.59. The predicted molar refractivity (Wildman–Crippen MR) is 122 cm³/mol. The maximum atomic E-state index is 13.6. The fourth-order valence-corrected chi connectivity index (χ4v) is 5.96. The molecule has 0 bridgehead atoms. The molecule has 0 N–H and O–H groups in total. The molecule has 2 aromatic carbocycles. The molecule has 6 rings (SSSR count). The normalized spacial score (nSPS) is 18.6. The summed E-state index contributed by atoms with van der Waals surface area (Å²) >= 11 is 1.68. The summed E-state index contributed by atoms with van der Waals surface area (Å²) in [7, 11) is 0. The van der Waals surface area contributed by atoms with Crippen molar-refractivity contribution in [3.63, 3.8) is 0 Å². The first-order valence-corrected chi connectivity index (χ1v) is 11.7. The van der Waals surface area contributed by atoms with Crippen LogP contribution in [-0.2, 0) is 13.0 Å². The van der Waals surface area contributed by atoms with Crippen molar-refractivity contribution in [2.45, 2.75) is 44.7 Å². The van der Waals surface area contributed by atoms with Crippen molar-refractivity contribution in [2.75, 3.05) is 6.54 Å². The van der Waals surface area contributed by atoms with E-state index >= 15 is 0 Å². The quantitative estimate of drug-likeness (QED) is 0.475. The second-order valence-corrected chi connectivity index (χ2v) is 9.41. The fourth-order valence-electron chi connectivity index (χ4n) is 4.85. The molecule has 156 valence electrons. The summed E-state index contributed by atoms with van der Waals surface area (Å²) in [5.41, 5.74) is 2.21. The minimum absolute atomic E-state index is 0.00169. The molecule has 4 heterocycles. The Morgan fingerprint density at radius 2 is 1.90 bits per heavy atom. The van der Waals surface area contributed by atoms with Crippen LogP contribution in [0, 0.1) is 0 Å². The lowest BCUT2D eigenvalue weighted by Gasteiger charge is -2.34. The van der Waals surface area contributed by atoms with E-state index in [1.54, 1.807) is 34.1 Å². The first-order chi connectivity index (χ1) is 15.2. The molecule has 0 aliphatic carbocycles. The molecule has 7 heteroatoms. The summed E-state index contributed by atoms with van der Waals surface area (Å²) in [4.78, 5) is 37.8. The minimum Gasteiger partial charge on any atom is -0.329 e. The number of aromatic nitrogens is 3. The lowest BCUT2D eigenvalue weighted by atomic mass is 10.0. The molecule has 2 aromatic heterocycles. The third-order valence-corrected chi connectivity index (χ3v) is 7.56. The van der Waals surface area contributed by atoms with Gasteiger partial charge in [0.25, 0.3) is 11.5 Å². The third kappa shape index (κ3) is 3.07. The molecule has 0 saturated carbocycles. The highest BCUT2D eigenvalue weighted by Gasteiger charge is 2.31. The smallest absolute Gasteiger partial charge is 0.261 e. The van der Waals surface area contributed by atoms with Gasteiger partial charge in [-0.2, -0.15) is 0 Å².